The number of anilines is 1. The molecule has 0 aromatic heterocycles. The summed E-state index contributed by atoms with van der Waals surface area (Å²) in [5.74, 6) is 0. The summed E-state index contributed by atoms with van der Waals surface area (Å²) in [6, 6.07) is 7.47. The zero-order chi connectivity index (χ0) is 23.6. The molecule has 0 aliphatic heterocycles. The monoisotopic (exact) mass is 414 g/mol. The molecule has 0 atom stereocenters. The summed E-state index contributed by atoms with van der Waals surface area (Å²) in [5, 5.41) is 10.9. The first-order valence-electron chi connectivity index (χ1n) is 6.41. The van der Waals surface area contributed by atoms with Crippen molar-refractivity contribution in [3.8, 4) is 0 Å². The van der Waals surface area contributed by atoms with Gasteiger partial charge in [-0.2, -0.15) is 0 Å². The maximum atomic E-state index is 10.9. The van der Waals surface area contributed by atoms with Gasteiger partial charge in [-0.1, -0.05) is 0 Å². The van der Waals surface area contributed by atoms with Crippen LogP contribution in [0.4, 0.5) is 5.69 Å². The molecule has 27 heavy (non-hydrogen) atoms. The fourth-order valence-corrected chi connectivity index (χ4v) is 1.11. The van der Waals surface area contributed by atoms with Crippen LogP contribution < -0.4 is 10.0 Å². The summed E-state index contributed by atoms with van der Waals surface area (Å²) < 4.78 is 38.5. The van der Waals surface area contributed by atoms with Gasteiger partial charge in [0.25, 0.3) is 0 Å². The molecular formula is C18H22CrN2O6. The van der Waals surface area contributed by atoms with E-state index in [1.54, 1.807) is 0 Å². The molecule has 0 amide bonds. The van der Waals surface area contributed by atoms with Crippen molar-refractivity contribution in [2.75, 3.05) is 47.2 Å². The molecule has 9 heteroatoms. The number of benzene rings is 1. The molecule has 0 heterocycles. The van der Waals surface area contributed by atoms with Crippen LogP contribution in [0.15, 0.2) is 24.3 Å². The summed E-state index contributed by atoms with van der Waals surface area (Å²) in [6.07, 6.45) is 0. The van der Waals surface area contributed by atoms with Crippen molar-refractivity contribution < 1.29 is 48.7 Å². The zero-order valence-electron chi connectivity index (χ0n) is 16.1. The molecule has 1 aromatic carbocycles. The standard InChI is InChI=1S/C9H10NO.C4H12N.5CO.Cr/c1-10(2)9-5-3-8(7-11)4-6-9;1-5(2,3)4;5*1-2;/h3-6H,1-2H3;1-4H3;;;;;;/q-1;+1;;;;;;. The number of rotatable bonds is 2. The van der Waals surface area contributed by atoms with Gasteiger partial charge in [0.2, 0.25) is 0 Å². The van der Waals surface area contributed by atoms with Gasteiger partial charge in [0, 0.05) is 0 Å². The van der Waals surface area contributed by atoms with Gasteiger partial charge in [-0.05, 0) is 0 Å². The van der Waals surface area contributed by atoms with E-state index in [0.29, 0.717) is 5.56 Å². The van der Waals surface area contributed by atoms with Gasteiger partial charge in [0.1, 0.15) is 0 Å². The number of quaternary nitrogens is 1. The van der Waals surface area contributed by atoms with Crippen LogP contribution in [-0.4, -0.2) is 51.3 Å². The van der Waals surface area contributed by atoms with Crippen LogP contribution in [0.2, 0.25) is 0 Å². The number of hydrogen-bond acceptors (Lipinski definition) is 2. The second-order valence-corrected chi connectivity index (χ2v) is 5.99. The normalized spacial score (nSPS) is 6.85. The fourth-order valence-electron chi connectivity index (χ4n) is 0.896. The molecule has 0 radical (unpaired) electrons. The third kappa shape index (κ3) is 45.4. The SMILES string of the molecule is CN(C)c1ccc([C]([O-])=[Cr])cc1.C[N+](C)(C)C.[C-]#[O+].[C-]#[O+].[C-]#[O+].[C-]#[O+].[C-]#[O+]. The Kier molecular flexibility index (Phi) is 47.0. The molecule has 0 saturated carbocycles. The van der Waals surface area contributed by atoms with Crippen LogP contribution in [0.3, 0.4) is 0 Å². The fraction of sp³-hybridized carbons (Fsp3) is 0.333. The minimum absolute atomic E-state index is 0.0136. The van der Waals surface area contributed by atoms with E-state index in [1.165, 1.54) is 0 Å². The van der Waals surface area contributed by atoms with E-state index in [4.69, 9.17) is 23.3 Å². The molecule has 0 bridgehead atoms. The first-order chi connectivity index (χ1) is 12.6. The predicted octanol–water partition coefficient (Wildman–Crippen LogP) is 0.273. The Bertz CT molecular complexity index is 512. The molecule has 0 N–H and O–H groups in total. The minimum atomic E-state index is -0.0136. The predicted molar refractivity (Wildman–Crippen MR) is 88.5 cm³/mol. The van der Waals surface area contributed by atoms with Gasteiger partial charge in [-0.3, -0.25) is 0 Å². The van der Waals surface area contributed by atoms with E-state index in [9.17, 15) is 5.11 Å². The topological polar surface area (TPSA) is 126 Å². The molecule has 0 spiro atoms. The Morgan fingerprint density at radius 2 is 1.00 bits per heavy atom. The second kappa shape index (κ2) is 31.8. The average Bonchev–Trinajstić information content (AvgIpc) is 2.68. The number of hydrogen-bond donors (Lipinski definition) is 0. The molecular weight excluding hydrogens is 392 g/mol. The van der Waals surface area contributed by atoms with Crippen molar-refractivity contribution in [3.63, 3.8) is 0 Å². The Morgan fingerprint density at radius 1 is 0.778 bits per heavy atom. The van der Waals surface area contributed by atoms with Gasteiger partial charge >= 0.3 is 137 Å². The van der Waals surface area contributed by atoms with E-state index in [-0.39, 0.29) is 4.57 Å². The molecule has 0 fully saturated rings. The summed E-state index contributed by atoms with van der Waals surface area (Å²) in [5.41, 5.74) is 1.81. The van der Waals surface area contributed by atoms with Crippen molar-refractivity contribution >= 4 is 10.3 Å². The van der Waals surface area contributed by atoms with E-state index >= 15 is 0 Å². The van der Waals surface area contributed by atoms with E-state index in [0.717, 1.165) is 10.2 Å². The average molecular weight is 414 g/mol. The van der Waals surface area contributed by atoms with Crippen molar-refractivity contribution in [2.24, 2.45) is 0 Å². The van der Waals surface area contributed by atoms with Crippen LogP contribution in [0.5, 0.6) is 0 Å². The summed E-state index contributed by atoms with van der Waals surface area (Å²) in [4.78, 5) is 1.99. The Hall–Kier alpha value is -1.96. The third-order valence-electron chi connectivity index (χ3n) is 1.62. The van der Waals surface area contributed by atoms with Crippen molar-refractivity contribution in [1.29, 1.82) is 0 Å². The second-order valence-electron chi connectivity index (χ2n) is 5.41. The molecule has 8 nitrogen and oxygen atoms in total. The molecule has 0 aliphatic carbocycles. The maximum absolute atomic E-state index is 10.9. The van der Waals surface area contributed by atoms with Crippen LogP contribution in [0.25, 0.3) is 0 Å². The first kappa shape index (κ1) is 39.9. The molecule has 146 valence electrons. The zero-order valence-corrected chi connectivity index (χ0v) is 17.3. The summed E-state index contributed by atoms with van der Waals surface area (Å²) in [6.45, 7) is 22.5. The van der Waals surface area contributed by atoms with Crippen molar-refractivity contribution in [2.45, 2.75) is 0 Å². The van der Waals surface area contributed by atoms with Gasteiger partial charge in [-0.15, -0.1) is 0 Å². The molecule has 0 unspecified atom stereocenters. The van der Waals surface area contributed by atoms with Crippen LogP contribution in [0, 0.1) is 33.3 Å². The van der Waals surface area contributed by atoms with Crippen molar-refractivity contribution in [1.82, 2.24) is 0 Å². The quantitative estimate of drug-likeness (QED) is 0.391. The number of nitrogens with zero attached hydrogens (tertiary/aromatic N) is 2. The van der Waals surface area contributed by atoms with Gasteiger partial charge in [-0.25, -0.2) is 0 Å². The van der Waals surface area contributed by atoms with Crippen molar-refractivity contribution in [3.05, 3.63) is 63.1 Å². The van der Waals surface area contributed by atoms with Crippen LogP contribution in [-0.2, 0) is 39.1 Å². The first-order valence-corrected chi connectivity index (χ1v) is 7.04. The Balaban J connectivity index is -0.0000000620. The molecule has 0 aliphatic rings. The van der Waals surface area contributed by atoms with Gasteiger partial charge < -0.3 is 4.48 Å². The van der Waals surface area contributed by atoms with Gasteiger partial charge in [0.05, 0.1) is 28.2 Å². The Labute approximate surface area is 169 Å². The third-order valence-corrected chi connectivity index (χ3v) is 1.99. The van der Waals surface area contributed by atoms with Crippen LogP contribution in [0.1, 0.15) is 5.56 Å². The Morgan fingerprint density at radius 3 is 1.15 bits per heavy atom. The molecule has 1 rings (SSSR count). The molecule has 0 saturated heterocycles. The van der Waals surface area contributed by atoms with E-state index < -0.39 is 0 Å². The molecule has 1 aromatic rings. The van der Waals surface area contributed by atoms with Gasteiger partial charge in [0.15, 0.2) is 0 Å². The van der Waals surface area contributed by atoms with Crippen LogP contribution >= 0.6 is 0 Å². The van der Waals surface area contributed by atoms with E-state index in [2.05, 4.69) is 77.3 Å². The summed E-state index contributed by atoms with van der Waals surface area (Å²) >= 11 is 2.45. The summed E-state index contributed by atoms with van der Waals surface area (Å²) in [7, 11) is 12.4. The van der Waals surface area contributed by atoms with E-state index in [1.807, 2.05) is 43.3 Å².